The van der Waals surface area contributed by atoms with Gasteiger partial charge >= 0.3 is 0 Å². The Morgan fingerprint density at radius 1 is 1.07 bits per heavy atom. The van der Waals surface area contributed by atoms with Gasteiger partial charge in [-0.3, -0.25) is 4.98 Å². The van der Waals surface area contributed by atoms with Crippen LogP contribution in [0.15, 0.2) is 55.0 Å². The highest BCUT2D eigenvalue weighted by atomic mass is 15.2. The van der Waals surface area contributed by atoms with Crippen molar-refractivity contribution in [2.45, 2.75) is 39.8 Å². The molecule has 154 valence electrons. The van der Waals surface area contributed by atoms with E-state index in [-0.39, 0.29) is 0 Å². The molecule has 0 spiro atoms. The van der Waals surface area contributed by atoms with Crippen LogP contribution in [0.2, 0.25) is 0 Å². The Balaban J connectivity index is 1.58. The van der Waals surface area contributed by atoms with Crippen LogP contribution in [0.5, 0.6) is 0 Å². The first kappa shape index (κ1) is 20.0. The second-order valence-corrected chi connectivity index (χ2v) is 7.50. The summed E-state index contributed by atoms with van der Waals surface area (Å²) < 4.78 is 2.10. The summed E-state index contributed by atoms with van der Waals surface area (Å²) in [5, 5.41) is 6.80. The van der Waals surface area contributed by atoms with E-state index < -0.39 is 0 Å². The quantitative estimate of drug-likeness (QED) is 0.461. The van der Waals surface area contributed by atoms with Crippen LogP contribution in [0.3, 0.4) is 0 Å². The zero-order chi connectivity index (χ0) is 20.9. The molecule has 0 saturated carbocycles. The monoisotopic (exact) mass is 401 g/mol. The summed E-state index contributed by atoms with van der Waals surface area (Å²) in [6.07, 6.45) is 6.30. The van der Waals surface area contributed by atoms with Gasteiger partial charge < -0.3 is 15.2 Å². The maximum Gasteiger partial charge on any atom is 0.229 e. The predicted octanol–water partition coefficient (Wildman–Crippen LogP) is 4.19. The van der Waals surface area contributed by atoms with Crippen LogP contribution in [-0.2, 0) is 13.0 Å². The number of aryl methyl sites for hydroxylation is 1. The van der Waals surface area contributed by atoms with Crippen molar-refractivity contribution < 1.29 is 0 Å². The largest absolute Gasteiger partial charge is 0.324 e. The molecule has 7 heteroatoms. The van der Waals surface area contributed by atoms with E-state index in [9.17, 15) is 0 Å². The number of fused-ring (bicyclic) bond motifs is 1. The molecule has 0 radical (unpaired) electrons. The molecule has 0 aliphatic carbocycles. The number of hydrogen-bond acceptors (Lipinski definition) is 6. The molecule has 0 aliphatic rings. The lowest BCUT2D eigenvalue weighted by atomic mass is 10.1. The van der Waals surface area contributed by atoms with Crippen LogP contribution in [0.1, 0.15) is 26.3 Å². The molecule has 0 fully saturated rings. The van der Waals surface area contributed by atoms with E-state index >= 15 is 0 Å². The van der Waals surface area contributed by atoms with Gasteiger partial charge in [0.2, 0.25) is 5.95 Å². The first-order valence-electron chi connectivity index (χ1n) is 10.4. The molecule has 0 unspecified atom stereocenters. The Labute approximate surface area is 176 Å². The molecule has 0 saturated heterocycles. The summed E-state index contributed by atoms with van der Waals surface area (Å²) in [6, 6.07) is 12.8. The molecule has 7 nitrogen and oxygen atoms in total. The van der Waals surface area contributed by atoms with Crippen molar-refractivity contribution in [3.63, 3.8) is 0 Å². The van der Waals surface area contributed by atoms with Gasteiger partial charge in [0.05, 0.1) is 6.20 Å². The van der Waals surface area contributed by atoms with Gasteiger partial charge in [-0.1, -0.05) is 26.0 Å². The van der Waals surface area contributed by atoms with Gasteiger partial charge in [-0.2, -0.15) is 4.98 Å². The molecule has 1 aromatic carbocycles. The van der Waals surface area contributed by atoms with Gasteiger partial charge in [0.15, 0.2) is 5.65 Å². The fourth-order valence-electron chi connectivity index (χ4n) is 3.44. The first-order chi connectivity index (χ1) is 14.6. The minimum atomic E-state index is 0.492. The van der Waals surface area contributed by atoms with Crippen molar-refractivity contribution in [3.05, 3.63) is 60.6 Å². The lowest BCUT2D eigenvalue weighted by Crippen LogP contribution is -2.24. The molecule has 4 aromatic rings. The molecule has 4 rings (SSSR count). The number of rotatable bonds is 8. The van der Waals surface area contributed by atoms with E-state index in [0.29, 0.717) is 12.0 Å². The van der Waals surface area contributed by atoms with Crippen LogP contribution in [-0.4, -0.2) is 37.1 Å². The molecule has 30 heavy (non-hydrogen) atoms. The topological polar surface area (TPSA) is 80.5 Å². The zero-order valence-corrected chi connectivity index (χ0v) is 17.6. The summed E-state index contributed by atoms with van der Waals surface area (Å²) in [7, 11) is 0. The molecular weight excluding hydrogens is 374 g/mol. The number of nitrogens with zero attached hydrogens (tertiary/aromatic N) is 5. The minimum absolute atomic E-state index is 0.492. The van der Waals surface area contributed by atoms with Crippen LogP contribution >= 0.6 is 0 Å². The average molecular weight is 402 g/mol. The highest BCUT2D eigenvalue weighted by Crippen LogP contribution is 2.24. The smallest absolute Gasteiger partial charge is 0.229 e. The van der Waals surface area contributed by atoms with Crippen molar-refractivity contribution in [2.75, 3.05) is 11.9 Å². The van der Waals surface area contributed by atoms with Gasteiger partial charge in [0.25, 0.3) is 0 Å². The van der Waals surface area contributed by atoms with Crippen LogP contribution in [0.25, 0.3) is 22.6 Å². The van der Waals surface area contributed by atoms with Crippen molar-refractivity contribution in [1.29, 1.82) is 0 Å². The molecule has 2 N–H and O–H groups in total. The molecule has 0 amide bonds. The molecular formula is C23H27N7. The van der Waals surface area contributed by atoms with Crippen LogP contribution < -0.4 is 10.6 Å². The number of hydrogen-bond donors (Lipinski definition) is 2. The molecule has 3 aromatic heterocycles. The highest BCUT2D eigenvalue weighted by molar-refractivity contribution is 5.77. The van der Waals surface area contributed by atoms with E-state index in [0.717, 1.165) is 47.7 Å². The Bertz CT molecular complexity index is 1120. The number of anilines is 2. The second kappa shape index (κ2) is 9.00. The number of imidazole rings is 1. The lowest BCUT2D eigenvalue weighted by molar-refractivity contribution is 0.590. The maximum atomic E-state index is 4.75. The second-order valence-electron chi connectivity index (χ2n) is 7.50. The van der Waals surface area contributed by atoms with Crippen molar-refractivity contribution in [3.8, 4) is 11.4 Å². The number of pyridine rings is 1. The Morgan fingerprint density at radius 3 is 2.67 bits per heavy atom. The van der Waals surface area contributed by atoms with Gasteiger partial charge in [-0.05, 0) is 49.7 Å². The van der Waals surface area contributed by atoms with E-state index in [4.69, 9.17) is 9.97 Å². The van der Waals surface area contributed by atoms with Gasteiger partial charge in [0, 0.05) is 36.2 Å². The number of benzene rings is 1. The van der Waals surface area contributed by atoms with E-state index in [2.05, 4.69) is 64.1 Å². The van der Waals surface area contributed by atoms with E-state index in [1.54, 1.807) is 18.6 Å². The molecule has 0 aliphatic heterocycles. The third-order valence-electron chi connectivity index (χ3n) is 4.89. The summed E-state index contributed by atoms with van der Waals surface area (Å²) in [5.74, 6) is 1.44. The summed E-state index contributed by atoms with van der Waals surface area (Å²) in [4.78, 5) is 18.1. The van der Waals surface area contributed by atoms with Gasteiger partial charge in [-0.15, -0.1) is 0 Å². The number of aromatic nitrogens is 5. The van der Waals surface area contributed by atoms with E-state index in [1.807, 2.05) is 18.2 Å². The normalized spacial score (nSPS) is 11.3. The standard InChI is InChI=1S/C23H27N7/c1-4-30-21(18-9-11-24-12-10-18)28-20-15-26-23(29-22(20)30)27-19-7-5-6-17(14-19)8-13-25-16(2)3/h5-7,9-12,14-16,25H,4,8,13H2,1-3H3,(H,26,27,29). The van der Waals surface area contributed by atoms with E-state index in [1.165, 1.54) is 5.56 Å². The predicted molar refractivity (Wildman–Crippen MR) is 121 cm³/mol. The third-order valence-corrected chi connectivity index (χ3v) is 4.89. The van der Waals surface area contributed by atoms with Crippen molar-refractivity contribution in [1.82, 2.24) is 29.8 Å². The SMILES string of the molecule is CCn1c(-c2ccncc2)nc2cnc(Nc3cccc(CCNC(C)C)c3)nc21. The Kier molecular flexibility index (Phi) is 5.99. The van der Waals surface area contributed by atoms with Crippen LogP contribution in [0, 0.1) is 0 Å². The maximum absolute atomic E-state index is 4.75. The fraction of sp³-hybridized carbons (Fsp3) is 0.304. The lowest BCUT2D eigenvalue weighted by Gasteiger charge is -2.10. The van der Waals surface area contributed by atoms with Crippen molar-refractivity contribution in [2.24, 2.45) is 0 Å². The fourth-order valence-corrected chi connectivity index (χ4v) is 3.44. The average Bonchev–Trinajstić information content (AvgIpc) is 3.12. The zero-order valence-electron chi connectivity index (χ0n) is 17.6. The first-order valence-corrected chi connectivity index (χ1v) is 10.4. The Hall–Kier alpha value is -3.32. The molecule has 0 atom stereocenters. The van der Waals surface area contributed by atoms with Gasteiger partial charge in [-0.25, -0.2) is 9.97 Å². The summed E-state index contributed by atoms with van der Waals surface area (Å²) in [5.41, 5.74) is 4.87. The van der Waals surface area contributed by atoms with Gasteiger partial charge in [0.1, 0.15) is 11.3 Å². The Morgan fingerprint density at radius 2 is 1.90 bits per heavy atom. The molecule has 0 bridgehead atoms. The minimum Gasteiger partial charge on any atom is -0.324 e. The van der Waals surface area contributed by atoms with Crippen molar-refractivity contribution >= 4 is 22.8 Å². The van der Waals surface area contributed by atoms with Crippen LogP contribution in [0.4, 0.5) is 11.6 Å². The summed E-state index contributed by atoms with van der Waals surface area (Å²) >= 11 is 0. The third kappa shape index (κ3) is 4.46. The molecule has 3 heterocycles. The number of nitrogens with one attached hydrogen (secondary N) is 2. The highest BCUT2D eigenvalue weighted by Gasteiger charge is 2.14. The summed E-state index contributed by atoms with van der Waals surface area (Å²) in [6.45, 7) is 8.13.